The Morgan fingerprint density at radius 1 is 1.41 bits per heavy atom. The van der Waals surface area contributed by atoms with Crippen molar-refractivity contribution in [2.24, 2.45) is 5.41 Å². The maximum absolute atomic E-state index is 11.6. The van der Waals surface area contributed by atoms with Gasteiger partial charge in [-0.05, 0) is 31.0 Å². The summed E-state index contributed by atoms with van der Waals surface area (Å²) in [5.74, 6) is 0.573. The minimum atomic E-state index is -0.638. The number of urea groups is 1. The van der Waals surface area contributed by atoms with Crippen LogP contribution in [0.5, 0.6) is 5.75 Å². The molecule has 1 aromatic rings. The van der Waals surface area contributed by atoms with E-state index in [1.165, 1.54) is 4.90 Å². The summed E-state index contributed by atoms with van der Waals surface area (Å²) >= 11 is 18.4. The van der Waals surface area contributed by atoms with E-state index in [1.54, 1.807) is 32.3 Å². The van der Waals surface area contributed by atoms with Crippen LogP contribution in [0.4, 0.5) is 10.5 Å². The SMILES string of the molecule is CN(C)C(=O)Nc1ccc(OCCC2(C)CC2(Cl)Cl)c(Cl)c1. The van der Waals surface area contributed by atoms with Gasteiger partial charge in [-0.2, -0.15) is 0 Å². The molecule has 0 aromatic heterocycles. The second-order valence-electron chi connectivity index (χ2n) is 6.01. The smallest absolute Gasteiger partial charge is 0.321 e. The van der Waals surface area contributed by atoms with Gasteiger partial charge in [0.1, 0.15) is 10.1 Å². The number of alkyl halides is 2. The molecular weight excluding hydrogens is 347 g/mol. The van der Waals surface area contributed by atoms with Gasteiger partial charge in [0.15, 0.2) is 0 Å². The number of amides is 2. The maximum atomic E-state index is 11.6. The van der Waals surface area contributed by atoms with Gasteiger partial charge in [-0.15, -0.1) is 23.2 Å². The summed E-state index contributed by atoms with van der Waals surface area (Å²) in [6, 6.07) is 4.92. The summed E-state index contributed by atoms with van der Waals surface area (Å²) in [5.41, 5.74) is 0.521. The van der Waals surface area contributed by atoms with Crippen molar-refractivity contribution in [3.05, 3.63) is 23.2 Å². The fraction of sp³-hybridized carbons (Fsp3) is 0.533. The third-order valence-corrected chi connectivity index (χ3v) is 5.35. The molecule has 2 amide bonds. The van der Waals surface area contributed by atoms with Gasteiger partial charge >= 0.3 is 6.03 Å². The summed E-state index contributed by atoms with van der Waals surface area (Å²) in [7, 11) is 3.33. The fourth-order valence-corrected chi connectivity index (χ4v) is 3.05. The van der Waals surface area contributed by atoms with E-state index < -0.39 is 4.33 Å². The first-order chi connectivity index (χ1) is 10.1. The maximum Gasteiger partial charge on any atom is 0.321 e. The molecule has 4 nitrogen and oxygen atoms in total. The van der Waals surface area contributed by atoms with E-state index in [9.17, 15) is 4.79 Å². The summed E-state index contributed by atoms with van der Waals surface area (Å²) in [6.07, 6.45) is 1.53. The molecule has 0 spiro atoms. The van der Waals surface area contributed by atoms with Gasteiger partial charge in [-0.1, -0.05) is 18.5 Å². The lowest BCUT2D eigenvalue weighted by atomic mass is 10.1. The van der Waals surface area contributed by atoms with Crippen molar-refractivity contribution < 1.29 is 9.53 Å². The van der Waals surface area contributed by atoms with Crippen LogP contribution in [0.15, 0.2) is 18.2 Å². The number of nitrogens with one attached hydrogen (secondary N) is 1. The van der Waals surface area contributed by atoms with Gasteiger partial charge < -0.3 is 15.0 Å². The lowest BCUT2D eigenvalue weighted by molar-refractivity contribution is 0.230. The number of ether oxygens (including phenoxy) is 1. The van der Waals surface area contributed by atoms with Crippen LogP contribution in [0.3, 0.4) is 0 Å². The molecule has 1 aliphatic rings. The lowest BCUT2D eigenvalue weighted by Crippen LogP contribution is -2.27. The van der Waals surface area contributed by atoms with Crippen LogP contribution in [-0.4, -0.2) is 36.0 Å². The van der Waals surface area contributed by atoms with Gasteiger partial charge in [0, 0.05) is 25.2 Å². The Kier molecular flexibility index (Phi) is 5.05. The van der Waals surface area contributed by atoms with Gasteiger partial charge in [-0.3, -0.25) is 0 Å². The molecule has 0 saturated heterocycles. The third-order valence-electron chi connectivity index (χ3n) is 3.87. The molecule has 7 heteroatoms. The molecule has 0 bridgehead atoms. The highest BCUT2D eigenvalue weighted by Crippen LogP contribution is 2.65. The second-order valence-corrected chi connectivity index (χ2v) is 7.90. The molecule has 1 fully saturated rings. The number of benzene rings is 1. The predicted octanol–water partition coefficient (Wildman–Crippen LogP) is 4.79. The molecule has 1 unspecified atom stereocenters. The monoisotopic (exact) mass is 364 g/mol. The van der Waals surface area contributed by atoms with Crippen molar-refractivity contribution in [3.63, 3.8) is 0 Å². The van der Waals surface area contributed by atoms with Crippen molar-refractivity contribution >= 4 is 46.5 Å². The molecule has 1 aliphatic carbocycles. The van der Waals surface area contributed by atoms with E-state index in [-0.39, 0.29) is 11.4 Å². The second kappa shape index (κ2) is 6.34. The average Bonchev–Trinajstić information content (AvgIpc) is 2.90. The first-order valence-corrected chi connectivity index (χ1v) is 8.06. The number of carbonyl (C=O) groups is 1. The zero-order chi connectivity index (χ0) is 16.5. The molecule has 1 atom stereocenters. The largest absolute Gasteiger partial charge is 0.492 e. The molecule has 122 valence electrons. The third kappa shape index (κ3) is 3.92. The van der Waals surface area contributed by atoms with Gasteiger partial charge in [-0.25, -0.2) is 4.79 Å². The highest BCUT2D eigenvalue weighted by molar-refractivity contribution is 6.51. The van der Waals surface area contributed by atoms with E-state index in [2.05, 4.69) is 5.32 Å². The minimum Gasteiger partial charge on any atom is -0.492 e. The van der Waals surface area contributed by atoms with Crippen molar-refractivity contribution in [2.75, 3.05) is 26.0 Å². The number of hydrogen-bond donors (Lipinski definition) is 1. The Bertz CT molecular complexity index is 578. The zero-order valence-corrected chi connectivity index (χ0v) is 15.0. The molecular formula is C15H19Cl3N2O2. The van der Waals surface area contributed by atoms with E-state index in [0.29, 0.717) is 23.1 Å². The Labute approximate surface area is 145 Å². The molecule has 0 aliphatic heterocycles. The van der Waals surface area contributed by atoms with Gasteiger partial charge in [0.05, 0.1) is 11.6 Å². The van der Waals surface area contributed by atoms with Crippen molar-refractivity contribution in [1.82, 2.24) is 4.90 Å². The Morgan fingerprint density at radius 2 is 2.05 bits per heavy atom. The minimum absolute atomic E-state index is 0.0950. The summed E-state index contributed by atoms with van der Waals surface area (Å²) < 4.78 is 5.04. The van der Waals surface area contributed by atoms with Crippen LogP contribution in [0.2, 0.25) is 5.02 Å². The Balaban J connectivity index is 1.89. The molecule has 1 saturated carbocycles. The number of carbonyl (C=O) groups excluding carboxylic acids is 1. The molecule has 1 N–H and O–H groups in total. The van der Waals surface area contributed by atoms with Crippen molar-refractivity contribution in [1.29, 1.82) is 0 Å². The number of rotatable bonds is 5. The van der Waals surface area contributed by atoms with E-state index in [4.69, 9.17) is 39.5 Å². The van der Waals surface area contributed by atoms with Crippen LogP contribution in [0.25, 0.3) is 0 Å². The summed E-state index contributed by atoms with van der Waals surface area (Å²) in [6.45, 7) is 2.53. The first-order valence-electron chi connectivity index (χ1n) is 6.93. The van der Waals surface area contributed by atoms with Gasteiger partial charge in [0.25, 0.3) is 0 Å². The highest BCUT2D eigenvalue weighted by Gasteiger charge is 2.62. The molecule has 1 aromatic carbocycles. The first kappa shape index (κ1) is 17.5. The fourth-order valence-electron chi connectivity index (χ4n) is 2.03. The highest BCUT2D eigenvalue weighted by atomic mass is 35.5. The summed E-state index contributed by atoms with van der Waals surface area (Å²) in [4.78, 5) is 13.0. The standard InChI is InChI=1S/C15H19Cl3N2O2/c1-14(9-15(14,17)18)6-7-22-12-5-4-10(8-11(12)16)19-13(21)20(2)3/h4-5,8H,6-7,9H2,1-3H3,(H,19,21). The van der Waals surface area contributed by atoms with Crippen LogP contribution in [0, 0.1) is 5.41 Å². The van der Waals surface area contributed by atoms with Crippen LogP contribution < -0.4 is 10.1 Å². The lowest BCUT2D eigenvalue weighted by Gasteiger charge is -2.15. The molecule has 0 heterocycles. The van der Waals surface area contributed by atoms with Crippen LogP contribution >= 0.6 is 34.8 Å². The normalized spacial score (nSPS) is 22.1. The number of nitrogens with zero attached hydrogens (tertiary/aromatic N) is 1. The molecule has 22 heavy (non-hydrogen) atoms. The Morgan fingerprint density at radius 3 is 2.55 bits per heavy atom. The predicted molar refractivity (Wildman–Crippen MR) is 91.4 cm³/mol. The number of halogens is 3. The Hall–Kier alpha value is -0.840. The summed E-state index contributed by atoms with van der Waals surface area (Å²) in [5, 5.41) is 3.17. The van der Waals surface area contributed by atoms with Crippen LogP contribution in [0.1, 0.15) is 19.8 Å². The van der Waals surface area contributed by atoms with Crippen molar-refractivity contribution in [2.45, 2.75) is 24.1 Å². The number of anilines is 1. The van der Waals surface area contributed by atoms with Crippen molar-refractivity contribution in [3.8, 4) is 5.75 Å². The topological polar surface area (TPSA) is 41.6 Å². The van der Waals surface area contributed by atoms with Crippen LogP contribution in [-0.2, 0) is 0 Å². The zero-order valence-electron chi connectivity index (χ0n) is 12.8. The average molecular weight is 366 g/mol. The van der Waals surface area contributed by atoms with E-state index in [0.717, 1.165) is 12.8 Å². The van der Waals surface area contributed by atoms with E-state index in [1.807, 2.05) is 6.92 Å². The molecule has 0 radical (unpaired) electrons. The quantitative estimate of drug-likeness (QED) is 0.762. The van der Waals surface area contributed by atoms with Gasteiger partial charge in [0.2, 0.25) is 0 Å². The van der Waals surface area contributed by atoms with E-state index >= 15 is 0 Å². The number of hydrogen-bond acceptors (Lipinski definition) is 2. The molecule has 2 rings (SSSR count).